The van der Waals surface area contributed by atoms with Gasteiger partial charge in [0.2, 0.25) is 0 Å². The van der Waals surface area contributed by atoms with Crippen molar-refractivity contribution in [2.75, 3.05) is 6.54 Å². The van der Waals surface area contributed by atoms with Crippen LogP contribution in [-0.2, 0) is 13.6 Å². The van der Waals surface area contributed by atoms with E-state index in [1.54, 1.807) is 22.8 Å². The van der Waals surface area contributed by atoms with Crippen molar-refractivity contribution >= 4 is 17.5 Å². The van der Waals surface area contributed by atoms with E-state index in [1.165, 1.54) is 12.1 Å². The SMILES string of the molecule is Cn1ncc([C@@H]2CN(C(=O)c3cc(-c4ccc(F)cc4F)on3)Cc3ccccc32)c1Cl. The topological polar surface area (TPSA) is 64.2 Å². The molecule has 0 N–H and O–H groups in total. The van der Waals surface area contributed by atoms with Gasteiger partial charge in [0, 0.05) is 43.8 Å². The molecular weight excluding hydrogens is 438 g/mol. The fourth-order valence-corrected chi connectivity index (χ4v) is 4.28. The Morgan fingerprint density at radius 1 is 1.16 bits per heavy atom. The first-order chi connectivity index (χ1) is 15.4. The zero-order valence-corrected chi connectivity index (χ0v) is 17.7. The number of carbonyl (C=O) groups excluding carboxylic acids is 1. The monoisotopic (exact) mass is 454 g/mol. The molecule has 32 heavy (non-hydrogen) atoms. The number of aryl methyl sites for hydroxylation is 1. The van der Waals surface area contributed by atoms with Gasteiger partial charge in [-0.2, -0.15) is 5.10 Å². The number of carbonyl (C=O) groups is 1. The van der Waals surface area contributed by atoms with Crippen LogP contribution in [0.25, 0.3) is 11.3 Å². The summed E-state index contributed by atoms with van der Waals surface area (Å²) in [5.74, 6) is -1.96. The van der Waals surface area contributed by atoms with Crippen molar-refractivity contribution in [2.45, 2.75) is 12.5 Å². The lowest BCUT2D eigenvalue weighted by atomic mass is 9.86. The highest BCUT2D eigenvalue weighted by Crippen LogP contribution is 2.37. The molecule has 2 aromatic carbocycles. The Balaban J connectivity index is 1.47. The van der Waals surface area contributed by atoms with Crippen molar-refractivity contribution in [3.63, 3.8) is 0 Å². The zero-order chi connectivity index (χ0) is 22.4. The third-order valence-corrected chi connectivity index (χ3v) is 6.14. The average Bonchev–Trinajstić information content (AvgIpc) is 3.40. The van der Waals surface area contributed by atoms with Crippen LogP contribution in [0.5, 0.6) is 0 Å². The number of hydrogen-bond donors (Lipinski definition) is 0. The maximum atomic E-state index is 14.1. The molecule has 0 bridgehead atoms. The van der Waals surface area contributed by atoms with Gasteiger partial charge in [-0.15, -0.1) is 0 Å². The molecule has 1 aliphatic heterocycles. The van der Waals surface area contributed by atoms with Gasteiger partial charge < -0.3 is 9.42 Å². The average molecular weight is 455 g/mol. The molecule has 162 valence electrons. The summed E-state index contributed by atoms with van der Waals surface area (Å²) in [6.07, 6.45) is 1.71. The Hall–Kier alpha value is -3.52. The van der Waals surface area contributed by atoms with Gasteiger partial charge in [-0.1, -0.05) is 41.0 Å². The predicted molar refractivity (Wildman–Crippen MR) is 113 cm³/mol. The smallest absolute Gasteiger partial charge is 0.276 e. The van der Waals surface area contributed by atoms with Crippen molar-refractivity contribution in [2.24, 2.45) is 7.05 Å². The molecule has 0 fully saturated rings. The van der Waals surface area contributed by atoms with Gasteiger partial charge in [0.1, 0.15) is 16.8 Å². The fraction of sp³-hybridized carbons (Fsp3) is 0.174. The van der Waals surface area contributed by atoms with Crippen LogP contribution in [0.3, 0.4) is 0 Å². The summed E-state index contributed by atoms with van der Waals surface area (Å²) in [5, 5.41) is 8.58. The first-order valence-electron chi connectivity index (χ1n) is 9.89. The van der Waals surface area contributed by atoms with E-state index in [-0.39, 0.29) is 28.8 Å². The number of fused-ring (bicyclic) bond motifs is 1. The fourth-order valence-electron chi connectivity index (χ4n) is 4.06. The second-order valence-electron chi connectivity index (χ2n) is 7.65. The second kappa shape index (κ2) is 7.87. The maximum absolute atomic E-state index is 14.1. The van der Waals surface area contributed by atoms with Crippen LogP contribution < -0.4 is 0 Å². The first kappa shape index (κ1) is 20.4. The molecule has 4 aromatic rings. The van der Waals surface area contributed by atoms with E-state index in [0.717, 1.165) is 28.8 Å². The summed E-state index contributed by atoms with van der Waals surface area (Å²) in [5.41, 5.74) is 2.97. The Bertz CT molecular complexity index is 1330. The van der Waals surface area contributed by atoms with E-state index >= 15 is 0 Å². The van der Waals surface area contributed by atoms with Crippen LogP contribution in [0.15, 0.2) is 59.3 Å². The van der Waals surface area contributed by atoms with Crippen LogP contribution in [0, 0.1) is 11.6 Å². The molecule has 0 saturated carbocycles. The molecular formula is C23H17ClF2N4O2. The molecule has 6 nitrogen and oxygen atoms in total. The van der Waals surface area contributed by atoms with Gasteiger partial charge in [0.05, 0.1) is 11.8 Å². The van der Waals surface area contributed by atoms with Gasteiger partial charge in [-0.25, -0.2) is 8.78 Å². The number of nitrogens with zero attached hydrogens (tertiary/aromatic N) is 4. The van der Waals surface area contributed by atoms with Crippen LogP contribution >= 0.6 is 11.6 Å². The number of benzene rings is 2. The molecule has 0 saturated heterocycles. The highest BCUT2D eigenvalue weighted by molar-refractivity contribution is 6.30. The van der Waals surface area contributed by atoms with E-state index < -0.39 is 11.6 Å². The molecule has 9 heteroatoms. The van der Waals surface area contributed by atoms with Crippen molar-refractivity contribution in [1.82, 2.24) is 19.8 Å². The maximum Gasteiger partial charge on any atom is 0.276 e. The number of aromatic nitrogens is 3. The molecule has 5 rings (SSSR count). The summed E-state index contributed by atoms with van der Waals surface area (Å²) < 4.78 is 34.1. The normalized spacial score (nSPS) is 15.6. The summed E-state index contributed by atoms with van der Waals surface area (Å²) in [6, 6.07) is 12.3. The van der Waals surface area contributed by atoms with Crippen molar-refractivity contribution < 1.29 is 18.1 Å². The predicted octanol–water partition coefficient (Wildman–Crippen LogP) is 4.79. The largest absolute Gasteiger partial charge is 0.355 e. The molecule has 3 heterocycles. The number of halogens is 3. The summed E-state index contributed by atoms with van der Waals surface area (Å²) in [4.78, 5) is 14.9. The van der Waals surface area contributed by atoms with Gasteiger partial charge in [-0.05, 0) is 23.3 Å². The van der Waals surface area contributed by atoms with E-state index in [2.05, 4.69) is 10.3 Å². The van der Waals surface area contributed by atoms with E-state index in [1.807, 2.05) is 24.3 Å². The third-order valence-electron chi connectivity index (χ3n) is 5.68. The second-order valence-corrected chi connectivity index (χ2v) is 8.01. The number of hydrogen-bond acceptors (Lipinski definition) is 4. The Morgan fingerprint density at radius 2 is 1.97 bits per heavy atom. The van der Waals surface area contributed by atoms with Crippen LogP contribution in [0.1, 0.15) is 33.1 Å². The minimum atomic E-state index is -0.793. The lowest BCUT2D eigenvalue weighted by molar-refractivity contribution is 0.0714. The Labute approximate surface area is 187 Å². The van der Waals surface area contributed by atoms with Crippen molar-refractivity contribution in [3.05, 3.63) is 93.9 Å². The lowest BCUT2D eigenvalue weighted by Crippen LogP contribution is -2.38. The van der Waals surface area contributed by atoms with E-state index in [9.17, 15) is 13.6 Å². The van der Waals surface area contributed by atoms with Crippen LogP contribution in [-0.4, -0.2) is 32.3 Å². The van der Waals surface area contributed by atoms with Crippen LogP contribution in [0.4, 0.5) is 8.78 Å². The minimum Gasteiger partial charge on any atom is -0.355 e. The van der Waals surface area contributed by atoms with Gasteiger partial charge in [0.25, 0.3) is 5.91 Å². The van der Waals surface area contributed by atoms with Gasteiger partial charge in [0.15, 0.2) is 11.5 Å². The summed E-state index contributed by atoms with van der Waals surface area (Å²) >= 11 is 6.46. The highest BCUT2D eigenvalue weighted by atomic mass is 35.5. The third kappa shape index (κ3) is 3.46. The molecule has 2 aromatic heterocycles. The lowest BCUT2D eigenvalue weighted by Gasteiger charge is -2.34. The molecule has 0 aliphatic carbocycles. The summed E-state index contributed by atoms with van der Waals surface area (Å²) in [7, 11) is 1.76. The first-order valence-corrected chi connectivity index (χ1v) is 10.3. The zero-order valence-electron chi connectivity index (χ0n) is 16.9. The molecule has 1 aliphatic rings. The molecule has 1 amide bonds. The van der Waals surface area contributed by atoms with E-state index in [4.69, 9.17) is 16.1 Å². The Morgan fingerprint density at radius 3 is 2.72 bits per heavy atom. The molecule has 1 atom stereocenters. The number of amides is 1. The Kier molecular flexibility index (Phi) is 5.01. The van der Waals surface area contributed by atoms with Gasteiger partial charge >= 0.3 is 0 Å². The molecule has 0 radical (unpaired) electrons. The van der Waals surface area contributed by atoms with Crippen molar-refractivity contribution in [3.8, 4) is 11.3 Å². The quantitative estimate of drug-likeness (QED) is 0.446. The number of rotatable bonds is 3. The van der Waals surface area contributed by atoms with Crippen LogP contribution in [0.2, 0.25) is 5.15 Å². The molecule has 0 unspecified atom stereocenters. The minimum absolute atomic E-state index is 0.0296. The van der Waals surface area contributed by atoms with Crippen molar-refractivity contribution in [1.29, 1.82) is 0 Å². The van der Waals surface area contributed by atoms with Gasteiger partial charge in [-0.3, -0.25) is 9.48 Å². The van der Waals surface area contributed by atoms with E-state index in [0.29, 0.717) is 18.2 Å². The summed E-state index contributed by atoms with van der Waals surface area (Å²) in [6.45, 7) is 0.755. The molecule has 0 spiro atoms. The standard InChI is InChI=1S/C23H17ClF2N4O2/c1-29-22(24)17(10-27-29)18-12-30(11-13-4-2-3-5-15(13)18)23(31)20-9-21(32-28-20)16-7-6-14(25)8-19(16)26/h2-10,18H,11-12H2,1H3/t18-/m1/s1. The highest BCUT2D eigenvalue weighted by Gasteiger charge is 2.33.